The van der Waals surface area contributed by atoms with Crippen LogP contribution in [0.2, 0.25) is 10.0 Å². The summed E-state index contributed by atoms with van der Waals surface area (Å²) < 4.78 is 43.9. The number of hydrogen-bond donors (Lipinski definition) is 1. The van der Waals surface area contributed by atoms with Crippen LogP contribution in [0.15, 0.2) is 40.0 Å². The van der Waals surface area contributed by atoms with E-state index in [1.54, 1.807) is 18.2 Å². The van der Waals surface area contributed by atoms with E-state index < -0.39 is 11.9 Å². The average molecular weight is 421 g/mol. The van der Waals surface area contributed by atoms with Crippen molar-refractivity contribution >= 4 is 40.8 Å². The maximum atomic E-state index is 12.8. The molecule has 0 radical (unpaired) electrons. The lowest BCUT2D eigenvalue weighted by atomic mass is 10.2. The fourth-order valence-corrected chi connectivity index (χ4v) is 3.09. The molecule has 136 valence electrons. The molecule has 2 aromatic heterocycles. The molecule has 3 aromatic rings. The minimum atomic E-state index is -4.61. The van der Waals surface area contributed by atoms with Crippen LogP contribution in [0.4, 0.5) is 19.0 Å². The van der Waals surface area contributed by atoms with Crippen LogP contribution in [0.3, 0.4) is 0 Å². The quantitative estimate of drug-likeness (QED) is 0.453. The second kappa shape index (κ2) is 7.34. The predicted octanol–water partition coefficient (Wildman–Crippen LogP) is 5.33. The van der Waals surface area contributed by atoms with E-state index in [0.717, 1.165) is 11.8 Å². The van der Waals surface area contributed by atoms with Gasteiger partial charge in [0.1, 0.15) is 5.82 Å². The first-order valence-corrected chi connectivity index (χ1v) is 8.72. The fraction of sp³-hybridized carbons (Fsp3) is 0.133. The number of nitrogens with zero attached hydrogens (tertiary/aromatic N) is 3. The van der Waals surface area contributed by atoms with Crippen molar-refractivity contribution in [2.75, 3.05) is 5.73 Å². The Morgan fingerprint density at radius 1 is 1.19 bits per heavy atom. The van der Waals surface area contributed by atoms with Gasteiger partial charge in [-0.05, 0) is 12.1 Å². The third-order valence-corrected chi connectivity index (χ3v) is 4.76. The molecule has 3 rings (SSSR count). The number of aromatic nitrogens is 3. The topological polar surface area (TPSA) is 77.8 Å². The van der Waals surface area contributed by atoms with Crippen molar-refractivity contribution in [3.05, 3.63) is 52.1 Å². The van der Waals surface area contributed by atoms with Gasteiger partial charge in [-0.15, -0.1) is 0 Å². The van der Waals surface area contributed by atoms with E-state index in [4.69, 9.17) is 33.4 Å². The van der Waals surface area contributed by atoms with Crippen LogP contribution >= 0.6 is 35.0 Å². The van der Waals surface area contributed by atoms with E-state index in [1.165, 1.54) is 6.20 Å². The Kier molecular flexibility index (Phi) is 5.31. The van der Waals surface area contributed by atoms with Crippen molar-refractivity contribution in [3.8, 4) is 11.3 Å². The highest BCUT2D eigenvalue weighted by molar-refractivity contribution is 7.98. The molecule has 5 nitrogen and oxygen atoms in total. The van der Waals surface area contributed by atoms with Crippen molar-refractivity contribution in [1.82, 2.24) is 15.0 Å². The second-order valence-electron chi connectivity index (χ2n) is 4.97. The van der Waals surface area contributed by atoms with Crippen LogP contribution in [-0.2, 0) is 11.9 Å². The van der Waals surface area contributed by atoms with Crippen molar-refractivity contribution in [3.63, 3.8) is 0 Å². The van der Waals surface area contributed by atoms with Crippen molar-refractivity contribution < 1.29 is 17.6 Å². The maximum Gasteiger partial charge on any atom is 0.433 e. The monoisotopic (exact) mass is 420 g/mol. The van der Waals surface area contributed by atoms with Crippen molar-refractivity contribution in [2.24, 2.45) is 0 Å². The maximum absolute atomic E-state index is 12.8. The molecule has 0 aliphatic rings. The highest BCUT2D eigenvalue weighted by Crippen LogP contribution is 2.35. The Bertz CT molecular complexity index is 949. The van der Waals surface area contributed by atoms with Crippen LogP contribution in [0.25, 0.3) is 11.3 Å². The van der Waals surface area contributed by atoms with E-state index in [0.29, 0.717) is 27.4 Å². The molecular formula is C15H9Cl2F3N4OS. The second-order valence-corrected chi connectivity index (χ2v) is 6.69. The highest BCUT2D eigenvalue weighted by atomic mass is 35.5. The highest BCUT2D eigenvalue weighted by Gasteiger charge is 2.33. The molecule has 0 atom stereocenters. The summed E-state index contributed by atoms with van der Waals surface area (Å²) in [6.45, 7) is 0. The van der Waals surface area contributed by atoms with Crippen LogP contribution < -0.4 is 5.73 Å². The number of oxazole rings is 1. The lowest BCUT2D eigenvalue weighted by molar-refractivity contribution is -0.141. The first-order valence-electron chi connectivity index (χ1n) is 6.97. The van der Waals surface area contributed by atoms with Crippen LogP contribution in [0, 0.1) is 0 Å². The summed E-state index contributed by atoms with van der Waals surface area (Å²) in [6.07, 6.45) is -3.15. The first-order chi connectivity index (χ1) is 12.2. The van der Waals surface area contributed by atoms with E-state index in [9.17, 15) is 13.2 Å². The predicted molar refractivity (Wildman–Crippen MR) is 93.0 cm³/mol. The molecule has 2 heterocycles. The molecule has 26 heavy (non-hydrogen) atoms. The number of thioether (sulfide) groups is 1. The van der Waals surface area contributed by atoms with E-state index in [1.807, 2.05) is 0 Å². The number of anilines is 1. The van der Waals surface area contributed by atoms with Gasteiger partial charge in [0.15, 0.2) is 16.6 Å². The molecule has 0 saturated carbocycles. The Morgan fingerprint density at radius 3 is 2.69 bits per heavy atom. The average Bonchev–Trinajstić information content (AvgIpc) is 3.03. The lowest BCUT2D eigenvalue weighted by Crippen LogP contribution is -2.10. The molecule has 0 spiro atoms. The molecule has 1 aromatic carbocycles. The number of nitrogens with two attached hydrogens (primary N) is 1. The van der Waals surface area contributed by atoms with Gasteiger partial charge in [0.05, 0.1) is 22.0 Å². The number of benzene rings is 1. The van der Waals surface area contributed by atoms with E-state index >= 15 is 0 Å². The SMILES string of the molecule is Nc1cc(C(F)(F)F)nc(SCc2ncc(-c3cccc(Cl)c3Cl)o2)n1. The standard InChI is InChI=1S/C15H9Cl2F3N4OS/c16-8-3-1-2-7(13(8)17)9-5-22-12(25-9)6-26-14-23-10(15(18,19)20)4-11(21)24-14/h1-5H,6H2,(H2,21,23,24). The minimum absolute atomic E-state index is 0.110. The van der Waals surface area contributed by atoms with E-state index in [2.05, 4.69) is 15.0 Å². The third-order valence-electron chi connectivity index (χ3n) is 3.11. The number of halogens is 5. The van der Waals surface area contributed by atoms with Gasteiger partial charge in [0, 0.05) is 11.6 Å². The van der Waals surface area contributed by atoms with Crippen LogP contribution in [0.5, 0.6) is 0 Å². The molecule has 0 amide bonds. The first kappa shape index (κ1) is 18.8. The molecule has 0 saturated heterocycles. The van der Waals surface area contributed by atoms with Crippen molar-refractivity contribution in [1.29, 1.82) is 0 Å². The minimum Gasteiger partial charge on any atom is -0.440 e. The fourth-order valence-electron chi connectivity index (χ4n) is 1.97. The molecule has 0 aliphatic heterocycles. The van der Waals surface area contributed by atoms with Crippen molar-refractivity contribution in [2.45, 2.75) is 17.1 Å². The van der Waals surface area contributed by atoms with Gasteiger partial charge in [-0.25, -0.2) is 15.0 Å². The zero-order valence-corrected chi connectivity index (χ0v) is 15.0. The van der Waals surface area contributed by atoms with Crippen LogP contribution in [0.1, 0.15) is 11.6 Å². The zero-order chi connectivity index (χ0) is 18.9. The van der Waals surface area contributed by atoms with Crippen LogP contribution in [-0.4, -0.2) is 15.0 Å². The Labute approximate surface area is 159 Å². The van der Waals surface area contributed by atoms with Gasteiger partial charge in [-0.1, -0.05) is 41.0 Å². The number of alkyl halides is 3. The summed E-state index contributed by atoms with van der Waals surface area (Å²) in [7, 11) is 0. The van der Waals surface area contributed by atoms with Gasteiger partial charge >= 0.3 is 6.18 Å². The molecule has 11 heteroatoms. The molecule has 0 unspecified atom stereocenters. The summed E-state index contributed by atoms with van der Waals surface area (Å²) in [5, 5.41) is 0.556. The number of nitrogen functional groups attached to an aromatic ring is 1. The third kappa shape index (κ3) is 4.22. The Balaban J connectivity index is 1.77. The summed E-state index contributed by atoms with van der Waals surface area (Å²) in [5.41, 5.74) is 4.86. The summed E-state index contributed by atoms with van der Waals surface area (Å²) in [5.74, 6) is 0.491. The summed E-state index contributed by atoms with van der Waals surface area (Å²) in [6, 6.07) is 5.73. The summed E-state index contributed by atoms with van der Waals surface area (Å²) in [4.78, 5) is 11.3. The molecule has 0 aliphatic carbocycles. The molecular weight excluding hydrogens is 412 g/mol. The summed E-state index contributed by atoms with van der Waals surface area (Å²) >= 11 is 13.0. The van der Waals surface area contributed by atoms with Gasteiger partial charge in [0.25, 0.3) is 0 Å². The van der Waals surface area contributed by atoms with Gasteiger partial charge in [0.2, 0.25) is 5.89 Å². The lowest BCUT2D eigenvalue weighted by Gasteiger charge is -2.07. The number of hydrogen-bond acceptors (Lipinski definition) is 6. The Morgan fingerprint density at radius 2 is 1.96 bits per heavy atom. The van der Waals surface area contributed by atoms with Gasteiger partial charge in [-0.3, -0.25) is 0 Å². The largest absolute Gasteiger partial charge is 0.440 e. The molecule has 2 N–H and O–H groups in total. The molecule has 0 fully saturated rings. The van der Waals surface area contributed by atoms with Gasteiger partial charge in [-0.2, -0.15) is 13.2 Å². The molecule has 0 bridgehead atoms. The zero-order valence-electron chi connectivity index (χ0n) is 12.7. The normalized spacial score (nSPS) is 11.7. The van der Waals surface area contributed by atoms with Gasteiger partial charge < -0.3 is 10.2 Å². The Hall–Kier alpha value is -1.97. The van der Waals surface area contributed by atoms with E-state index in [-0.39, 0.29) is 22.6 Å². The number of rotatable bonds is 4. The smallest absolute Gasteiger partial charge is 0.433 e.